The molecule has 0 amide bonds. The summed E-state index contributed by atoms with van der Waals surface area (Å²) in [5.41, 5.74) is 0.524. The zero-order valence-corrected chi connectivity index (χ0v) is 10.00. The third-order valence-electron chi connectivity index (χ3n) is 2.56. The van der Waals surface area contributed by atoms with Crippen LogP contribution in [0.15, 0.2) is 18.2 Å². The van der Waals surface area contributed by atoms with Crippen molar-refractivity contribution in [3.05, 3.63) is 35.1 Å². The van der Waals surface area contributed by atoms with Gasteiger partial charge in [0.1, 0.15) is 11.9 Å². The van der Waals surface area contributed by atoms with Crippen molar-refractivity contribution in [2.24, 2.45) is 5.92 Å². The van der Waals surface area contributed by atoms with Gasteiger partial charge in [0.2, 0.25) is 0 Å². The van der Waals surface area contributed by atoms with E-state index in [0.29, 0.717) is 12.1 Å². The van der Waals surface area contributed by atoms with Crippen LogP contribution in [0.1, 0.15) is 25.0 Å². The van der Waals surface area contributed by atoms with Gasteiger partial charge in [-0.25, -0.2) is 4.39 Å². The van der Waals surface area contributed by atoms with E-state index < -0.39 is 5.82 Å². The first-order valence-electron chi connectivity index (χ1n) is 5.47. The second-order valence-electron chi connectivity index (χ2n) is 4.16. The summed E-state index contributed by atoms with van der Waals surface area (Å²) in [6.45, 7) is 4.33. The fourth-order valence-corrected chi connectivity index (χ4v) is 1.51. The highest BCUT2D eigenvalue weighted by atomic mass is 19.1. The normalized spacial score (nSPS) is 11.9. The molecule has 0 radical (unpaired) electrons. The van der Waals surface area contributed by atoms with Crippen LogP contribution in [0.4, 0.5) is 4.39 Å². The summed E-state index contributed by atoms with van der Waals surface area (Å²) in [5, 5.41) is 11.8. The number of nitrogens with zero attached hydrogens (tertiary/aromatic N) is 1. The van der Waals surface area contributed by atoms with Gasteiger partial charge in [-0.2, -0.15) is 5.26 Å². The van der Waals surface area contributed by atoms with Crippen molar-refractivity contribution in [1.82, 2.24) is 5.32 Å². The monoisotopic (exact) mass is 230 g/mol. The highest BCUT2D eigenvalue weighted by molar-refractivity contribution is 5.34. The summed E-state index contributed by atoms with van der Waals surface area (Å²) in [4.78, 5) is 0. The molecule has 88 valence electrons. The van der Waals surface area contributed by atoms with E-state index in [-0.39, 0.29) is 17.5 Å². The molecular formula is C14H15FN2. The lowest BCUT2D eigenvalue weighted by Gasteiger charge is -2.16. The van der Waals surface area contributed by atoms with E-state index in [9.17, 15) is 4.39 Å². The van der Waals surface area contributed by atoms with Crippen LogP contribution in [0.2, 0.25) is 0 Å². The maximum absolute atomic E-state index is 13.7. The van der Waals surface area contributed by atoms with Gasteiger partial charge in [-0.1, -0.05) is 31.9 Å². The quantitative estimate of drug-likeness (QED) is 0.806. The molecule has 1 unspecified atom stereocenters. The first kappa shape index (κ1) is 13.2. The number of rotatable bonds is 4. The second kappa shape index (κ2) is 6.03. The smallest absolute Gasteiger partial charge is 0.145 e. The molecule has 1 aromatic carbocycles. The fraction of sp³-hybridized carbons (Fsp3) is 0.357. The molecule has 0 heterocycles. The minimum atomic E-state index is -0.470. The van der Waals surface area contributed by atoms with Gasteiger partial charge in [-0.3, -0.25) is 5.32 Å². The predicted molar refractivity (Wildman–Crippen MR) is 65.4 cm³/mol. The Hall–Kier alpha value is -1.84. The van der Waals surface area contributed by atoms with Gasteiger partial charge >= 0.3 is 0 Å². The number of benzene rings is 1. The van der Waals surface area contributed by atoms with Gasteiger partial charge in [-0.05, 0) is 12.0 Å². The molecule has 1 rings (SSSR count). The van der Waals surface area contributed by atoms with E-state index >= 15 is 0 Å². The Labute approximate surface area is 101 Å². The van der Waals surface area contributed by atoms with E-state index in [1.165, 1.54) is 6.07 Å². The Morgan fingerprint density at radius 2 is 2.18 bits per heavy atom. The van der Waals surface area contributed by atoms with E-state index in [4.69, 9.17) is 11.7 Å². The maximum Gasteiger partial charge on any atom is 0.145 e. The van der Waals surface area contributed by atoms with Crippen LogP contribution in [-0.2, 0) is 6.54 Å². The van der Waals surface area contributed by atoms with Crippen LogP contribution in [0.3, 0.4) is 0 Å². The Kier molecular flexibility index (Phi) is 4.69. The number of hydrogen-bond donors (Lipinski definition) is 1. The Balaban J connectivity index is 2.77. The molecule has 0 aliphatic carbocycles. The minimum absolute atomic E-state index is 0.0612. The zero-order chi connectivity index (χ0) is 12.8. The molecule has 1 N–H and O–H groups in total. The molecule has 2 nitrogen and oxygen atoms in total. The molecule has 0 spiro atoms. The topological polar surface area (TPSA) is 35.8 Å². The Morgan fingerprint density at radius 1 is 1.47 bits per heavy atom. The average Bonchev–Trinajstić information content (AvgIpc) is 2.31. The highest BCUT2D eigenvalue weighted by Crippen LogP contribution is 2.12. The van der Waals surface area contributed by atoms with Crippen molar-refractivity contribution in [3.63, 3.8) is 0 Å². The number of hydrogen-bond acceptors (Lipinski definition) is 2. The van der Waals surface area contributed by atoms with Gasteiger partial charge < -0.3 is 0 Å². The molecule has 0 aliphatic heterocycles. The molecule has 0 saturated carbocycles. The van der Waals surface area contributed by atoms with E-state index in [1.54, 1.807) is 12.1 Å². The SMILES string of the molecule is C#CC(NCc1cccc(C#N)c1F)C(C)C. The lowest BCUT2D eigenvalue weighted by molar-refractivity contribution is 0.468. The van der Waals surface area contributed by atoms with Crippen LogP contribution in [0, 0.1) is 35.4 Å². The van der Waals surface area contributed by atoms with Crippen LogP contribution >= 0.6 is 0 Å². The van der Waals surface area contributed by atoms with Crippen molar-refractivity contribution in [2.45, 2.75) is 26.4 Å². The van der Waals surface area contributed by atoms with Gasteiger partial charge in [-0.15, -0.1) is 6.42 Å². The third kappa shape index (κ3) is 3.31. The third-order valence-corrected chi connectivity index (χ3v) is 2.56. The first-order chi connectivity index (χ1) is 8.10. The summed E-state index contributed by atoms with van der Waals surface area (Å²) in [6, 6.07) is 6.49. The summed E-state index contributed by atoms with van der Waals surface area (Å²) >= 11 is 0. The van der Waals surface area contributed by atoms with Crippen molar-refractivity contribution < 1.29 is 4.39 Å². The molecule has 0 bridgehead atoms. The van der Waals surface area contributed by atoms with Crippen LogP contribution in [0.25, 0.3) is 0 Å². The highest BCUT2D eigenvalue weighted by Gasteiger charge is 2.12. The van der Waals surface area contributed by atoms with Crippen molar-refractivity contribution >= 4 is 0 Å². The average molecular weight is 230 g/mol. The van der Waals surface area contributed by atoms with Crippen LogP contribution in [0.5, 0.6) is 0 Å². The molecule has 0 saturated heterocycles. The lowest BCUT2D eigenvalue weighted by Crippen LogP contribution is -2.32. The summed E-state index contributed by atoms with van der Waals surface area (Å²) in [6.07, 6.45) is 5.37. The lowest BCUT2D eigenvalue weighted by atomic mass is 10.0. The first-order valence-corrected chi connectivity index (χ1v) is 5.47. The fourth-order valence-electron chi connectivity index (χ4n) is 1.51. The standard InChI is InChI=1S/C14H15FN2/c1-4-13(10(2)3)17-9-12-7-5-6-11(8-16)14(12)15/h1,5-7,10,13,17H,9H2,2-3H3. The number of terminal acetylenes is 1. The molecule has 3 heteroatoms. The number of nitrogens with one attached hydrogen (secondary N) is 1. The van der Waals surface area contributed by atoms with E-state index in [1.807, 2.05) is 19.9 Å². The van der Waals surface area contributed by atoms with Crippen molar-refractivity contribution in [2.75, 3.05) is 0 Å². The minimum Gasteiger partial charge on any atom is -0.299 e. The van der Waals surface area contributed by atoms with Crippen LogP contribution in [-0.4, -0.2) is 6.04 Å². The molecule has 0 fully saturated rings. The van der Waals surface area contributed by atoms with Gasteiger partial charge in [0, 0.05) is 12.1 Å². The van der Waals surface area contributed by atoms with Gasteiger partial charge in [0.05, 0.1) is 11.6 Å². The molecule has 0 aromatic heterocycles. The number of halogens is 1. The largest absolute Gasteiger partial charge is 0.299 e. The molecule has 1 aromatic rings. The molecule has 1 atom stereocenters. The van der Waals surface area contributed by atoms with Crippen molar-refractivity contribution in [3.8, 4) is 18.4 Å². The van der Waals surface area contributed by atoms with E-state index in [0.717, 1.165) is 0 Å². The van der Waals surface area contributed by atoms with Gasteiger partial charge in [0.15, 0.2) is 0 Å². The summed E-state index contributed by atoms with van der Waals surface area (Å²) in [7, 11) is 0. The zero-order valence-electron chi connectivity index (χ0n) is 10.00. The molecule has 17 heavy (non-hydrogen) atoms. The Morgan fingerprint density at radius 3 is 2.71 bits per heavy atom. The maximum atomic E-state index is 13.7. The Bertz CT molecular complexity index is 466. The summed E-state index contributed by atoms with van der Waals surface area (Å²) < 4.78 is 13.7. The predicted octanol–water partition coefficient (Wildman–Crippen LogP) is 2.44. The number of nitriles is 1. The molecular weight excluding hydrogens is 215 g/mol. The van der Waals surface area contributed by atoms with Crippen LogP contribution < -0.4 is 5.32 Å². The van der Waals surface area contributed by atoms with Gasteiger partial charge in [0.25, 0.3) is 0 Å². The summed E-state index contributed by atoms with van der Waals surface area (Å²) in [5.74, 6) is 2.43. The second-order valence-corrected chi connectivity index (χ2v) is 4.16. The van der Waals surface area contributed by atoms with E-state index in [2.05, 4.69) is 11.2 Å². The molecule has 0 aliphatic rings. The van der Waals surface area contributed by atoms with Crippen molar-refractivity contribution in [1.29, 1.82) is 5.26 Å².